The van der Waals surface area contributed by atoms with E-state index in [1.165, 1.54) is 6.92 Å². The highest BCUT2D eigenvalue weighted by Gasteiger charge is 2.19. The van der Waals surface area contributed by atoms with Crippen LogP contribution in [-0.4, -0.2) is 11.6 Å². The molecule has 1 aliphatic heterocycles. The summed E-state index contributed by atoms with van der Waals surface area (Å²) in [5, 5.41) is 7.01. The van der Waals surface area contributed by atoms with Crippen molar-refractivity contribution >= 4 is 23.0 Å². The average molecular weight is 274 g/mol. The molecule has 0 fully saturated rings. The molecule has 0 aliphatic carbocycles. The van der Waals surface area contributed by atoms with Gasteiger partial charge in [-0.1, -0.05) is 27.0 Å². The standard InChI is InChI=1S/C14H18N4O.CH4/c1-8-6-9(2)17-18-14(8)11-4-5-13(12(15)7-11)16-10(3)19;/h4-5,7-8,17H,2,6,15H2,1,3H3,(H,16,19);1H4/t8-;/m1./s1. The van der Waals surface area contributed by atoms with Crippen molar-refractivity contribution in [3.63, 3.8) is 0 Å². The molecule has 0 unspecified atom stereocenters. The third-order valence-electron chi connectivity index (χ3n) is 3.01. The summed E-state index contributed by atoms with van der Waals surface area (Å²) in [6.45, 7) is 7.42. The molecule has 20 heavy (non-hydrogen) atoms. The maximum Gasteiger partial charge on any atom is 0.221 e. The van der Waals surface area contributed by atoms with Crippen LogP contribution in [0, 0.1) is 5.92 Å². The lowest BCUT2D eigenvalue weighted by Gasteiger charge is -2.22. The quantitative estimate of drug-likeness (QED) is 0.725. The molecule has 1 atom stereocenters. The predicted octanol–water partition coefficient (Wildman–Crippen LogP) is 2.71. The summed E-state index contributed by atoms with van der Waals surface area (Å²) in [6, 6.07) is 5.54. The zero-order valence-corrected chi connectivity index (χ0v) is 11.2. The number of nitrogen functional groups attached to an aromatic ring is 1. The lowest BCUT2D eigenvalue weighted by molar-refractivity contribution is -0.114. The van der Waals surface area contributed by atoms with Crippen molar-refractivity contribution in [1.82, 2.24) is 5.43 Å². The van der Waals surface area contributed by atoms with Gasteiger partial charge in [0.1, 0.15) is 0 Å². The molecule has 0 saturated heterocycles. The number of carbonyl (C=O) groups excluding carboxylic acids is 1. The number of nitrogens with zero attached hydrogens (tertiary/aromatic N) is 1. The fraction of sp³-hybridized carbons (Fsp3) is 0.333. The van der Waals surface area contributed by atoms with Crippen molar-refractivity contribution in [3.05, 3.63) is 36.0 Å². The van der Waals surface area contributed by atoms with Crippen molar-refractivity contribution in [2.75, 3.05) is 11.1 Å². The molecule has 0 bridgehead atoms. The van der Waals surface area contributed by atoms with Gasteiger partial charge >= 0.3 is 0 Å². The van der Waals surface area contributed by atoms with Gasteiger partial charge in [0.25, 0.3) is 0 Å². The fourth-order valence-corrected chi connectivity index (χ4v) is 2.14. The van der Waals surface area contributed by atoms with E-state index in [-0.39, 0.29) is 13.3 Å². The van der Waals surface area contributed by atoms with Gasteiger partial charge in [-0.2, -0.15) is 5.10 Å². The minimum atomic E-state index is -0.138. The molecule has 1 heterocycles. The van der Waals surface area contributed by atoms with Crippen LogP contribution in [0.1, 0.15) is 33.3 Å². The molecule has 4 N–H and O–H groups in total. The van der Waals surface area contributed by atoms with Crippen LogP contribution in [0.5, 0.6) is 0 Å². The highest BCUT2D eigenvalue weighted by Crippen LogP contribution is 2.25. The van der Waals surface area contributed by atoms with Crippen LogP contribution < -0.4 is 16.5 Å². The monoisotopic (exact) mass is 274 g/mol. The van der Waals surface area contributed by atoms with E-state index in [2.05, 4.69) is 29.3 Å². The van der Waals surface area contributed by atoms with Gasteiger partial charge in [-0.3, -0.25) is 10.2 Å². The molecule has 1 aromatic rings. The van der Waals surface area contributed by atoms with E-state index < -0.39 is 0 Å². The van der Waals surface area contributed by atoms with Crippen molar-refractivity contribution in [1.29, 1.82) is 0 Å². The first-order valence-electron chi connectivity index (χ1n) is 6.16. The third kappa shape index (κ3) is 3.38. The van der Waals surface area contributed by atoms with Gasteiger partial charge < -0.3 is 11.1 Å². The van der Waals surface area contributed by atoms with Crippen molar-refractivity contribution in [2.45, 2.75) is 27.7 Å². The Hall–Kier alpha value is -2.30. The Morgan fingerprint density at radius 3 is 2.80 bits per heavy atom. The van der Waals surface area contributed by atoms with E-state index in [1.807, 2.05) is 12.1 Å². The van der Waals surface area contributed by atoms with Gasteiger partial charge in [0.2, 0.25) is 5.91 Å². The summed E-state index contributed by atoms with van der Waals surface area (Å²) < 4.78 is 0. The Balaban J connectivity index is 0.00000200. The lowest BCUT2D eigenvalue weighted by atomic mass is 9.93. The summed E-state index contributed by atoms with van der Waals surface area (Å²) in [7, 11) is 0. The summed E-state index contributed by atoms with van der Waals surface area (Å²) in [6.07, 6.45) is 0.853. The largest absolute Gasteiger partial charge is 0.397 e. The number of hydrazone groups is 1. The SMILES string of the molecule is C.C=C1C[C@@H](C)C(c2ccc(NC(C)=O)c(N)c2)=NN1. The number of carbonyl (C=O) groups is 1. The van der Waals surface area contributed by atoms with Gasteiger partial charge in [0.05, 0.1) is 17.1 Å². The van der Waals surface area contributed by atoms with E-state index in [1.54, 1.807) is 6.07 Å². The van der Waals surface area contributed by atoms with E-state index >= 15 is 0 Å². The van der Waals surface area contributed by atoms with E-state index in [4.69, 9.17) is 5.73 Å². The van der Waals surface area contributed by atoms with Crippen LogP contribution in [0.2, 0.25) is 0 Å². The molecule has 5 nitrogen and oxygen atoms in total. The maximum atomic E-state index is 11.0. The number of amides is 1. The van der Waals surface area contributed by atoms with Crippen molar-refractivity contribution in [3.8, 4) is 0 Å². The molecular weight excluding hydrogens is 252 g/mol. The Bertz CT molecular complexity index is 563. The Labute approximate surface area is 119 Å². The van der Waals surface area contributed by atoms with Crippen LogP contribution in [0.4, 0.5) is 11.4 Å². The molecule has 0 saturated carbocycles. The first-order chi connectivity index (χ1) is 8.97. The minimum absolute atomic E-state index is 0. The van der Waals surface area contributed by atoms with Gasteiger partial charge in [0, 0.05) is 24.1 Å². The summed E-state index contributed by atoms with van der Waals surface area (Å²) in [4.78, 5) is 11.0. The molecule has 0 radical (unpaired) electrons. The number of hydrogen-bond donors (Lipinski definition) is 3. The molecule has 5 heteroatoms. The first-order valence-corrected chi connectivity index (χ1v) is 6.16. The molecule has 1 amide bonds. The van der Waals surface area contributed by atoms with Crippen LogP contribution in [0.15, 0.2) is 35.6 Å². The van der Waals surface area contributed by atoms with Crippen LogP contribution >= 0.6 is 0 Å². The molecule has 108 valence electrons. The first kappa shape index (κ1) is 15.8. The fourth-order valence-electron chi connectivity index (χ4n) is 2.14. The molecule has 1 aromatic carbocycles. The number of allylic oxidation sites excluding steroid dienone is 1. The van der Waals surface area contributed by atoms with E-state index in [0.29, 0.717) is 17.3 Å². The van der Waals surface area contributed by atoms with Crippen LogP contribution in [-0.2, 0) is 4.79 Å². The molecule has 0 spiro atoms. The van der Waals surface area contributed by atoms with Gasteiger partial charge in [0.15, 0.2) is 0 Å². The smallest absolute Gasteiger partial charge is 0.221 e. The number of anilines is 2. The van der Waals surface area contributed by atoms with Gasteiger partial charge in [-0.15, -0.1) is 0 Å². The minimum Gasteiger partial charge on any atom is -0.397 e. The van der Waals surface area contributed by atoms with Crippen molar-refractivity contribution in [2.24, 2.45) is 11.0 Å². The normalized spacial score (nSPS) is 17.6. The van der Waals surface area contributed by atoms with Crippen molar-refractivity contribution < 1.29 is 4.79 Å². The molecule has 2 rings (SSSR count). The van der Waals surface area contributed by atoms with E-state index in [0.717, 1.165) is 23.4 Å². The highest BCUT2D eigenvalue weighted by molar-refractivity contribution is 6.04. The van der Waals surface area contributed by atoms with Crippen LogP contribution in [0.25, 0.3) is 0 Å². The second-order valence-electron chi connectivity index (χ2n) is 4.80. The number of nitrogens with two attached hydrogens (primary N) is 1. The number of rotatable bonds is 2. The Morgan fingerprint density at radius 2 is 2.25 bits per heavy atom. The maximum absolute atomic E-state index is 11.0. The van der Waals surface area contributed by atoms with Gasteiger partial charge in [-0.25, -0.2) is 0 Å². The molecular formula is C15H22N4O. The second-order valence-corrected chi connectivity index (χ2v) is 4.80. The highest BCUT2D eigenvalue weighted by atomic mass is 16.1. The Morgan fingerprint density at radius 1 is 1.55 bits per heavy atom. The van der Waals surface area contributed by atoms with E-state index in [9.17, 15) is 4.79 Å². The Kier molecular flexibility index (Phi) is 4.91. The summed E-state index contributed by atoms with van der Waals surface area (Å²) in [5.74, 6) is 0.153. The van der Waals surface area contributed by atoms with Crippen LogP contribution in [0.3, 0.4) is 0 Å². The van der Waals surface area contributed by atoms with Gasteiger partial charge in [-0.05, 0) is 18.6 Å². The summed E-state index contributed by atoms with van der Waals surface area (Å²) in [5.41, 5.74) is 12.8. The number of hydrogen-bond acceptors (Lipinski definition) is 4. The zero-order chi connectivity index (χ0) is 14.0. The zero-order valence-electron chi connectivity index (χ0n) is 11.2. The molecule has 0 aromatic heterocycles. The number of benzene rings is 1. The molecule has 1 aliphatic rings. The average Bonchev–Trinajstić information content (AvgIpc) is 2.31. The lowest BCUT2D eigenvalue weighted by Crippen LogP contribution is -2.25. The second kappa shape index (κ2) is 6.23. The third-order valence-corrected chi connectivity index (χ3v) is 3.01. The predicted molar refractivity (Wildman–Crippen MR) is 84.5 cm³/mol. The topological polar surface area (TPSA) is 79.5 Å². The summed E-state index contributed by atoms with van der Waals surface area (Å²) >= 11 is 0. The number of nitrogens with one attached hydrogen (secondary N) is 2.